The molecular formula is C29H30O4. The van der Waals surface area contributed by atoms with Crippen molar-refractivity contribution in [3.8, 4) is 11.5 Å². The van der Waals surface area contributed by atoms with Crippen molar-refractivity contribution < 1.29 is 19.8 Å². The van der Waals surface area contributed by atoms with Gasteiger partial charge in [-0.1, -0.05) is 55.8 Å². The average molecular weight is 443 g/mol. The molecule has 0 amide bonds. The first-order valence-electron chi connectivity index (χ1n) is 11.1. The molecule has 170 valence electrons. The molecule has 0 saturated carbocycles. The van der Waals surface area contributed by atoms with Crippen LogP contribution in [0.4, 0.5) is 0 Å². The van der Waals surface area contributed by atoms with Crippen LogP contribution in [0.15, 0.2) is 83.5 Å². The van der Waals surface area contributed by atoms with Gasteiger partial charge in [-0.05, 0) is 90.8 Å². The minimum Gasteiger partial charge on any atom is -0.508 e. The van der Waals surface area contributed by atoms with E-state index in [1.165, 1.54) is 42.0 Å². The zero-order valence-electron chi connectivity index (χ0n) is 19.3. The minimum absolute atomic E-state index is 0.0112. The Morgan fingerprint density at radius 3 is 1.88 bits per heavy atom. The molecule has 0 heterocycles. The third-order valence-electron chi connectivity index (χ3n) is 6.00. The van der Waals surface area contributed by atoms with E-state index in [4.69, 9.17) is 0 Å². The summed E-state index contributed by atoms with van der Waals surface area (Å²) in [6.07, 6.45) is 11.1. The highest BCUT2D eigenvalue weighted by atomic mass is 16.3. The van der Waals surface area contributed by atoms with Gasteiger partial charge in [-0.3, -0.25) is 9.59 Å². The lowest BCUT2D eigenvalue weighted by Gasteiger charge is -2.32. The predicted octanol–water partition coefficient (Wildman–Crippen LogP) is 6.42. The molecule has 4 heteroatoms. The topological polar surface area (TPSA) is 74.6 Å². The zero-order valence-corrected chi connectivity index (χ0v) is 19.3. The Morgan fingerprint density at radius 2 is 1.33 bits per heavy atom. The van der Waals surface area contributed by atoms with Gasteiger partial charge >= 0.3 is 0 Å². The average Bonchev–Trinajstić information content (AvgIpc) is 2.77. The Labute approximate surface area is 195 Å². The number of phenols is 2. The van der Waals surface area contributed by atoms with Gasteiger partial charge in [0.15, 0.2) is 11.6 Å². The zero-order chi connectivity index (χ0) is 24.0. The van der Waals surface area contributed by atoms with Crippen LogP contribution in [0.5, 0.6) is 11.5 Å². The van der Waals surface area contributed by atoms with Crippen molar-refractivity contribution in [3.05, 3.63) is 94.6 Å². The molecule has 0 atom stereocenters. The van der Waals surface area contributed by atoms with Crippen molar-refractivity contribution in [3.63, 3.8) is 0 Å². The molecule has 0 fully saturated rings. The van der Waals surface area contributed by atoms with E-state index in [-0.39, 0.29) is 28.3 Å². The van der Waals surface area contributed by atoms with Gasteiger partial charge in [0.2, 0.25) is 0 Å². The second-order valence-electron chi connectivity index (χ2n) is 9.07. The summed E-state index contributed by atoms with van der Waals surface area (Å²) in [6.45, 7) is 6.46. The molecular weight excluding hydrogens is 412 g/mol. The molecule has 3 rings (SSSR count). The summed E-state index contributed by atoms with van der Waals surface area (Å²) >= 11 is 0. The van der Waals surface area contributed by atoms with Crippen molar-refractivity contribution in [2.24, 2.45) is 5.41 Å². The Balaban J connectivity index is 1.92. The fourth-order valence-electron chi connectivity index (χ4n) is 4.11. The number of aromatic hydroxyl groups is 2. The van der Waals surface area contributed by atoms with Gasteiger partial charge in [0.1, 0.15) is 11.5 Å². The van der Waals surface area contributed by atoms with E-state index in [2.05, 4.69) is 20.8 Å². The molecule has 2 N–H and O–H groups in total. The molecule has 33 heavy (non-hydrogen) atoms. The van der Waals surface area contributed by atoms with Crippen LogP contribution in [0.1, 0.15) is 51.2 Å². The normalized spacial score (nSPS) is 16.5. The van der Waals surface area contributed by atoms with Crippen LogP contribution in [0.25, 0.3) is 12.2 Å². The van der Waals surface area contributed by atoms with Crippen LogP contribution < -0.4 is 0 Å². The summed E-state index contributed by atoms with van der Waals surface area (Å²) in [7, 11) is 0. The predicted molar refractivity (Wildman–Crippen MR) is 133 cm³/mol. The number of phenolic OH excluding ortho intramolecular Hbond substituents is 2. The number of allylic oxidation sites excluding steroid dienone is 6. The monoisotopic (exact) mass is 442 g/mol. The van der Waals surface area contributed by atoms with Gasteiger partial charge < -0.3 is 10.2 Å². The highest BCUT2D eigenvalue weighted by molar-refractivity contribution is 6.30. The number of ketones is 2. The number of rotatable bonds is 7. The Hall–Kier alpha value is -3.66. The van der Waals surface area contributed by atoms with Crippen LogP contribution in [0.2, 0.25) is 0 Å². The number of carbonyl (C=O) groups excluding carboxylic acids is 2. The van der Waals surface area contributed by atoms with Crippen molar-refractivity contribution >= 4 is 23.7 Å². The van der Waals surface area contributed by atoms with Gasteiger partial charge in [0.05, 0.1) is 5.57 Å². The van der Waals surface area contributed by atoms with Crippen molar-refractivity contribution in [2.75, 3.05) is 0 Å². The van der Waals surface area contributed by atoms with E-state index < -0.39 is 5.78 Å². The molecule has 0 unspecified atom stereocenters. The highest BCUT2D eigenvalue weighted by Gasteiger charge is 2.27. The second-order valence-corrected chi connectivity index (χ2v) is 9.07. The molecule has 0 aromatic heterocycles. The number of hydrogen-bond donors (Lipinski definition) is 2. The summed E-state index contributed by atoms with van der Waals surface area (Å²) in [6, 6.07) is 12.8. The third-order valence-corrected chi connectivity index (χ3v) is 6.00. The van der Waals surface area contributed by atoms with Gasteiger partial charge in [-0.15, -0.1) is 0 Å². The molecule has 0 spiro atoms. The van der Waals surface area contributed by atoms with Crippen LogP contribution in [0.3, 0.4) is 0 Å². The van der Waals surface area contributed by atoms with Crippen LogP contribution in [0, 0.1) is 5.41 Å². The first-order chi connectivity index (χ1) is 15.7. The fourth-order valence-corrected chi connectivity index (χ4v) is 4.11. The van der Waals surface area contributed by atoms with E-state index in [0.29, 0.717) is 5.56 Å². The Morgan fingerprint density at radius 1 is 0.818 bits per heavy atom. The van der Waals surface area contributed by atoms with E-state index in [0.717, 1.165) is 30.4 Å². The fraction of sp³-hybridized carbons (Fsp3) is 0.241. The molecule has 2 aromatic rings. The number of benzene rings is 2. The second kappa shape index (κ2) is 10.3. The first-order valence-corrected chi connectivity index (χ1v) is 11.1. The Kier molecular flexibility index (Phi) is 7.49. The van der Waals surface area contributed by atoms with Gasteiger partial charge in [0.25, 0.3) is 0 Å². The summed E-state index contributed by atoms with van der Waals surface area (Å²) in [4.78, 5) is 26.2. The highest BCUT2D eigenvalue weighted by Crippen LogP contribution is 2.40. The molecule has 0 bridgehead atoms. The lowest BCUT2D eigenvalue weighted by atomic mass is 9.72. The minimum atomic E-state index is -0.417. The Bertz CT molecular complexity index is 1140. The quantitative estimate of drug-likeness (QED) is 0.295. The lowest BCUT2D eigenvalue weighted by Crippen LogP contribution is -2.19. The van der Waals surface area contributed by atoms with Crippen LogP contribution in [-0.2, 0) is 9.59 Å². The molecule has 1 aliphatic carbocycles. The molecule has 2 aromatic carbocycles. The van der Waals surface area contributed by atoms with Crippen LogP contribution >= 0.6 is 0 Å². The molecule has 4 nitrogen and oxygen atoms in total. The van der Waals surface area contributed by atoms with E-state index in [9.17, 15) is 19.8 Å². The maximum atomic E-state index is 13.2. The molecule has 0 radical (unpaired) electrons. The summed E-state index contributed by atoms with van der Waals surface area (Å²) in [5.41, 5.74) is 3.83. The van der Waals surface area contributed by atoms with Gasteiger partial charge in [-0.25, -0.2) is 0 Å². The van der Waals surface area contributed by atoms with Gasteiger partial charge in [0, 0.05) is 0 Å². The summed E-state index contributed by atoms with van der Waals surface area (Å²) < 4.78 is 0. The molecule has 0 saturated heterocycles. The molecule has 0 aliphatic heterocycles. The van der Waals surface area contributed by atoms with Crippen LogP contribution in [-0.4, -0.2) is 21.8 Å². The van der Waals surface area contributed by atoms with Crippen molar-refractivity contribution in [1.82, 2.24) is 0 Å². The standard InChI is InChI=1S/C29H30O4/c1-20-5-4-18-29(2,3)26(20)15-17-28(33)25(19-22-8-13-24(31)14-9-22)27(32)16-10-21-6-11-23(30)12-7-21/h6-17,19,30-31H,4-5,18H2,1-3H3/b16-10+,17-15+,25-19-. The third kappa shape index (κ3) is 6.42. The first kappa shape index (κ1) is 24.0. The summed E-state index contributed by atoms with van der Waals surface area (Å²) in [5, 5.41) is 19.0. The smallest absolute Gasteiger partial charge is 0.189 e. The maximum absolute atomic E-state index is 13.2. The van der Waals surface area contributed by atoms with E-state index >= 15 is 0 Å². The SMILES string of the molecule is CC1=C(/C=C/C(=O)/C(=C\c2ccc(O)cc2)C(=O)/C=C/c2ccc(O)cc2)C(C)(C)CCC1. The van der Waals surface area contributed by atoms with E-state index in [1.54, 1.807) is 36.4 Å². The summed E-state index contributed by atoms with van der Waals surface area (Å²) in [5.74, 6) is -0.535. The maximum Gasteiger partial charge on any atom is 0.189 e. The van der Waals surface area contributed by atoms with Crippen molar-refractivity contribution in [2.45, 2.75) is 40.0 Å². The largest absolute Gasteiger partial charge is 0.508 e. The lowest BCUT2D eigenvalue weighted by molar-refractivity contribution is -0.116. The molecule has 1 aliphatic rings. The van der Waals surface area contributed by atoms with E-state index in [1.807, 2.05) is 6.08 Å². The van der Waals surface area contributed by atoms with Crippen molar-refractivity contribution in [1.29, 1.82) is 0 Å². The number of hydrogen-bond acceptors (Lipinski definition) is 4. The number of carbonyl (C=O) groups is 2. The van der Waals surface area contributed by atoms with Gasteiger partial charge in [-0.2, -0.15) is 0 Å².